The first kappa shape index (κ1) is 15.5. The van der Waals surface area contributed by atoms with Gasteiger partial charge in [0.15, 0.2) is 11.5 Å². The van der Waals surface area contributed by atoms with Crippen molar-refractivity contribution in [2.75, 3.05) is 0 Å². The molecule has 0 spiro atoms. The fraction of sp³-hybridized carbons (Fsp3) is 0.308. The SMILES string of the molecule is CC(C)[C@@H](NC(=O)c1cc(-c2ccc(Cl)s2)on1)C(=O)O. The van der Waals surface area contributed by atoms with Crippen LogP contribution in [-0.2, 0) is 4.79 Å². The number of nitrogens with zero attached hydrogens (tertiary/aromatic N) is 1. The molecular formula is C13H13ClN2O4S. The molecule has 8 heteroatoms. The number of hydrogen-bond acceptors (Lipinski definition) is 5. The van der Waals surface area contributed by atoms with Crippen LogP contribution in [0.1, 0.15) is 24.3 Å². The molecule has 0 aliphatic heterocycles. The lowest BCUT2D eigenvalue weighted by atomic mass is 10.0. The van der Waals surface area contributed by atoms with Gasteiger partial charge in [-0.2, -0.15) is 0 Å². The van der Waals surface area contributed by atoms with Crippen molar-refractivity contribution < 1.29 is 19.2 Å². The number of aromatic nitrogens is 1. The summed E-state index contributed by atoms with van der Waals surface area (Å²) in [5.74, 6) is -1.51. The number of nitrogens with one attached hydrogen (secondary N) is 1. The van der Waals surface area contributed by atoms with Crippen molar-refractivity contribution in [2.45, 2.75) is 19.9 Å². The molecule has 1 amide bonds. The minimum atomic E-state index is -1.09. The van der Waals surface area contributed by atoms with Crippen molar-refractivity contribution in [3.05, 3.63) is 28.2 Å². The molecule has 6 nitrogen and oxygen atoms in total. The molecule has 1 atom stereocenters. The van der Waals surface area contributed by atoms with Gasteiger partial charge in [0.25, 0.3) is 5.91 Å². The smallest absolute Gasteiger partial charge is 0.326 e. The van der Waals surface area contributed by atoms with Gasteiger partial charge >= 0.3 is 5.97 Å². The van der Waals surface area contributed by atoms with Crippen LogP contribution in [0.4, 0.5) is 0 Å². The van der Waals surface area contributed by atoms with Crippen LogP contribution in [0.2, 0.25) is 4.34 Å². The normalized spacial score (nSPS) is 12.4. The molecule has 0 unspecified atom stereocenters. The monoisotopic (exact) mass is 328 g/mol. The van der Waals surface area contributed by atoms with E-state index >= 15 is 0 Å². The van der Waals surface area contributed by atoms with E-state index in [0.717, 1.165) is 4.88 Å². The van der Waals surface area contributed by atoms with Crippen LogP contribution in [0.15, 0.2) is 22.7 Å². The predicted octanol–water partition coefficient (Wildman–Crippen LogP) is 2.90. The van der Waals surface area contributed by atoms with Crippen molar-refractivity contribution in [2.24, 2.45) is 5.92 Å². The maximum absolute atomic E-state index is 12.0. The average Bonchev–Trinajstić information content (AvgIpc) is 3.03. The van der Waals surface area contributed by atoms with Crippen LogP contribution in [0, 0.1) is 5.92 Å². The Hall–Kier alpha value is -1.86. The summed E-state index contributed by atoms with van der Waals surface area (Å²) in [6.45, 7) is 3.42. The second kappa shape index (κ2) is 6.28. The zero-order chi connectivity index (χ0) is 15.6. The highest BCUT2D eigenvalue weighted by Gasteiger charge is 2.25. The average molecular weight is 329 g/mol. The molecular weight excluding hydrogens is 316 g/mol. The minimum absolute atomic E-state index is 0.0291. The quantitative estimate of drug-likeness (QED) is 0.880. The van der Waals surface area contributed by atoms with E-state index in [9.17, 15) is 9.59 Å². The molecule has 21 heavy (non-hydrogen) atoms. The van der Waals surface area contributed by atoms with Crippen LogP contribution in [0.3, 0.4) is 0 Å². The molecule has 0 aliphatic rings. The Morgan fingerprint density at radius 1 is 1.43 bits per heavy atom. The fourth-order valence-electron chi connectivity index (χ4n) is 1.67. The molecule has 0 aliphatic carbocycles. The molecule has 0 aromatic carbocycles. The maximum Gasteiger partial charge on any atom is 0.326 e. The number of carbonyl (C=O) groups is 2. The third-order valence-corrected chi connectivity index (χ3v) is 4.02. The standard InChI is InChI=1S/C13H13ClN2O4S/c1-6(2)11(13(18)19)15-12(17)7-5-8(20-16-7)9-3-4-10(14)21-9/h3-6,11H,1-2H3,(H,15,17)(H,18,19)/t11-/m1/s1. The molecule has 0 radical (unpaired) electrons. The van der Waals surface area contributed by atoms with Gasteiger partial charge in [-0.1, -0.05) is 30.6 Å². The van der Waals surface area contributed by atoms with E-state index in [0.29, 0.717) is 10.1 Å². The van der Waals surface area contributed by atoms with Crippen LogP contribution in [0.25, 0.3) is 10.6 Å². The van der Waals surface area contributed by atoms with E-state index in [1.165, 1.54) is 17.4 Å². The molecule has 2 aromatic rings. The summed E-state index contributed by atoms with van der Waals surface area (Å²) in [6, 6.07) is 3.94. The summed E-state index contributed by atoms with van der Waals surface area (Å²) in [6.07, 6.45) is 0. The molecule has 0 fully saturated rings. The van der Waals surface area contributed by atoms with E-state index in [1.807, 2.05) is 0 Å². The molecule has 0 saturated heterocycles. The summed E-state index contributed by atoms with van der Waals surface area (Å²) >= 11 is 7.13. The van der Waals surface area contributed by atoms with Gasteiger partial charge in [-0.15, -0.1) is 11.3 Å². The second-order valence-corrected chi connectivity index (χ2v) is 6.43. The highest BCUT2D eigenvalue weighted by molar-refractivity contribution is 7.19. The Morgan fingerprint density at radius 2 is 2.14 bits per heavy atom. The summed E-state index contributed by atoms with van der Waals surface area (Å²) in [5.41, 5.74) is 0.0291. The van der Waals surface area contributed by atoms with E-state index in [4.69, 9.17) is 21.2 Å². The summed E-state index contributed by atoms with van der Waals surface area (Å²) in [7, 11) is 0. The molecule has 2 rings (SSSR count). The van der Waals surface area contributed by atoms with Gasteiger partial charge in [-0.3, -0.25) is 4.79 Å². The van der Waals surface area contributed by atoms with E-state index in [2.05, 4.69) is 10.5 Å². The summed E-state index contributed by atoms with van der Waals surface area (Å²) < 4.78 is 5.68. The fourth-order valence-corrected chi connectivity index (χ4v) is 2.67. The van der Waals surface area contributed by atoms with Gasteiger partial charge in [0, 0.05) is 6.07 Å². The van der Waals surface area contributed by atoms with Gasteiger partial charge < -0.3 is 14.9 Å². The highest BCUT2D eigenvalue weighted by atomic mass is 35.5. The van der Waals surface area contributed by atoms with Gasteiger partial charge in [0.05, 0.1) is 9.21 Å². The Balaban J connectivity index is 2.14. The maximum atomic E-state index is 12.0. The van der Waals surface area contributed by atoms with Crippen molar-refractivity contribution in [1.82, 2.24) is 10.5 Å². The molecule has 0 saturated carbocycles. The van der Waals surface area contributed by atoms with E-state index < -0.39 is 17.9 Å². The molecule has 112 valence electrons. The van der Waals surface area contributed by atoms with Gasteiger partial charge in [-0.05, 0) is 18.1 Å². The third kappa shape index (κ3) is 3.62. The topological polar surface area (TPSA) is 92.4 Å². The van der Waals surface area contributed by atoms with Crippen molar-refractivity contribution in [3.63, 3.8) is 0 Å². The Kier molecular flexibility index (Phi) is 4.64. The van der Waals surface area contributed by atoms with Crippen molar-refractivity contribution >= 4 is 34.8 Å². The summed E-state index contributed by atoms with van der Waals surface area (Å²) in [5, 5.41) is 15.1. The first-order chi connectivity index (χ1) is 9.88. The van der Waals surface area contributed by atoms with Crippen LogP contribution in [0.5, 0.6) is 0 Å². The zero-order valence-electron chi connectivity index (χ0n) is 11.3. The number of rotatable bonds is 5. The number of thiophene rings is 1. The number of carboxylic acids is 1. The number of carbonyl (C=O) groups excluding carboxylic acids is 1. The Labute approximate surface area is 129 Å². The van der Waals surface area contributed by atoms with E-state index in [1.54, 1.807) is 26.0 Å². The Morgan fingerprint density at radius 3 is 2.67 bits per heavy atom. The largest absolute Gasteiger partial charge is 0.480 e. The van der Waals surface area contributed by atoms with Crippen LogP contribution >= 0.6 is 22.9 Å². The molecule has 2 aromatic heterocycles. The molecule has 2 N–H and O–H groups in total. The van der Waals surface area contributed by atoms with Crippen molar-refractivity contribution in [1.29, 1.82) is 0 Å². The number of halogens is 1. The number of amides is 1. The number of hydrogen-bond donors (Lipinski definition) is 2. The third-order valence-electron chi connectivity index (χ3n) is 2.78. The van der Waals surface area contributed by atoms with Gasteiger partial charge in [0.1, 0.15) is 6.04 Å². The zero-order valence-corrected chi connectivity index (χ0v) is 12.9. The second-order valence-electron chi connectivity index (χ2n) is 4.71. The number of carboxylic acid groups (broad SMARTS) is 1. The number of aliphatic carboxylic acids is 1. The van der Waals surface area contributed by atoms with E-state index in [-0.39, 0.29) is 11.6 Å². The van der Waals surface area contributed by atoms with Gasteiger partial charge in [0.2, 0.25) is 0 Å². The lowest BCUT2D eigenvalue weighted by molar-refractivity contribution is -0.140. The lowest BCUT2D eigenvalue weighted by Gasteiger charge is -2.16. The first-order valence-electron chi connectivity index (χ1n) is 6.14. The van der Waals surface area contributed by atoms with Gasteiger partial charge in [-0.25, -0.2) is 4.79 Å². The first-order valence-corrected chi connectivity index (χ1v) is 7.34. The molecule has 0 bridgehead atoms. The minimum Gasteiger partial charge on any atom is -0.480 e. The predicted molar refractivity (Wildman–Crippen MR) is 78.6 cm³/mol. The van der Waals surface area contributed by atoms with Crippen LogP contribution in [-0.4, -0.2) is 28.2 Å². The lowest BCUT2D eigenvalue weighted by Crippen LogP contribution is -2.44. The van der Waals surface area contributed by atoms with Crippen molar-refractivity contribution in [3.8, 4) is 10.6 Å². The molecule has 2 heterocycles. The van der Waals surface area contributed by atoms with Crippen LogP contribution < -0.4 is 5.32 Å². The summed E-state index contributed by atoms with van der Waals surface area (Å²) in [4.78, 5) is 23.8. The highest BCUT2D eigenvalue weighted by Crippen LogP contribution is 2.31. The Bertz CT molecular complexity index is 665.